The van der Waals surface area contributed by atoms with Gasteiger partial charge in [-0.25, -0.2) is 4.79 Å². The molecule has 5 nitrogen and oxygen atoms in total. The molecule has 3 fully saturated rings. The molecule has 4 aliphatic rings. The second-order valence-electron chi connectivity index (χ2n) is 10.4. The van der Waals surface area contributed by atoms with Crippen molar-refractivity contribution in [2.75, 3.05) is 6.61 Å². The highest BCUT2D eigenvalue weighted by Gasteiger charge is 2.58. The van der Waals surface area contributed by atoms with Crippen LogP contribution >= 0.6 is 0 Å². The topological polar surface area (TPSA) is 76.4 Å². The third kappa shape index (κ3) is 3.52. The number of fused-ring (bicyclic) bond motifs is 5. The number of nitriles is 1. The van der Waals surface area contributed by atoms with Crippen LogP contribution in [0.4, 0.5) is 0 Å². The van der Waals surface area contributed by atoms with Gasteiger partial charge in [-0.05, 0) is 86.0 Å². The molecule has 0 spiro atoms. The molecular formula is C26H35NO4. The van der Waals surface area contributed by atoms with Gasteiger partial charge < -0.3 is 9.47 Å². The van der Waals surface area contributed by atoms with E-state index in [0.29, 0.717) is 24.4 Å². The Morgan fingerprint density at radius 1 is 1.16 bits per heavy atom. The van der Waals surface area contributed by atoms with Crippen LogP contribution in [0.1, 0.15) is 79.1 Å². The first-order chi connectivity index (χ1) is 14.7. The Hall–Kier alpha value is -2.09. The molecule has 0 aliphatic heterocycles. The van der Waals surface area contributed by atoms with E-state index in [2.05, 4.69) is 26.0 Å². The summed E-state index contributed by atoms with van der Waals surface area (Å²) in [5, 5.41) is 9.75. The summed E-state index contributed by atoms with van der Waals surface area (Å²) in [5.41, 5.74) is 2.86. The molecule has 0 heterocycles. The maximum Gasteiger partial charge on any atom is 0.348 e. The van der Waals surface area contributed by atoms with Gasteiger partial charge in [-0.1, -0.05) is 25.5 Å². The van der Waals surface area contributed by atoms with Crippen LogP contribution in [0.15, 0.2) is 22.8 Å². The SMILES string of the molecule is CCOC(=O)/C(C#N)=C1/CC[C@H]2[C@@H]3CC=C4C[C@@H](OC(C)=O)CC[C@]4(C)[C@H]3CC[C@]12C. The average Bonchev–Trinajstić information content (AvgIpc) is 3.06. The number of ether oxygens (including phenoxy) is 2. The molecule has 31 heavy (non-hydrogen) atoms. The monoisotopic (exact) mass is 425 g/mol. The van der Waals surface area contributed by atoms with Crippen molar-refractivity contribution < 1.29 is 19.1 Å². The molecule has 0 aromatic rings. The van der Waals surface area contributed by atoms with Crippen molar-refractivity contribution in [1.29, 1.82) is 5.26 Å². The van der Waals surface area contributed by atoms with Gasteiger partial charge >= 0.3 is 11.9 Å². The van der Waals surface area contributed by atoms with Crippen molar-refractivity contribution in [2.24, 2.45) is 28.6 Å². The predicted octanol–water partition coefficient (Wildman–Crippen LogP) is 5.26. The smallest absolute Gasteiger partial charge is 0.348 e. The van der Waals surface area contributed by atoms with Crippen LogP contribution in [-0.4, -0.2) is 24.6 Å². The fourth-order valence-corrected chi connectivity index (χ4v) is 7.63. The van der Waals surface area contributed by atoms with Gasteiger partial charge in [0.15, 0.2) is 0 Å². The van der Waals surface area contributed by atoms with E-state index < -0.39 is 5.97 Å². The molecule has 0 amide bonds. The second kappa shape index (κ2) is 8.11. The molecular weight excluding hydrogens is 390 g/mol. The summed E-state index contributed by atoms with van der Waals surface area (Å²) in [6.07, 6.45) is 10.4. The van der Waals surface area contributed by atoms with Crippen molar-refractivity contribution >= 4 is 11.9 Å². The molecule has 0 saturated heterocycles. The van der Waals surface area contributed by atoms with Crippen LogP contribution in [0, 0.1) is 39.9 Å². The van der Waals surface area contributed by atoms with E-state index in [1.165, 1.54) is 12.5 Å². The zero-order valence-electron chi connectivity index (χ0n) is 19.3. The quantitative estimate of drug-likeness (QED) is 0.267. The summed E-state index contributed by atoms with van der Waals surface area (Å²) < 4.78 is 10.7. The third-order valence-electron chi connectivity index (χ3n) is 9.07. The van der Waals surface area contributed by atoms with Gasteiger partial charge in [-0.2, -0.15) is 5.26 Å². The summed E-state index contributed by atoms with van der Waals surface area (Å²) >= 11 is 0. The minimum atomic E-state index is -0.453. The Morgan fingerprint density at radius 2 is 1.87 bits per heavy atom. The standard InChI is InChI=1S/C26H35NO4/c1-5-30-24(29)20(15-27)22-9-8-21-19-7-6-17-14-18(31-16(2)28)10-12-25(17,3)23(19)11-13-26(21,22)4/h6,18-19,21,23H,5,7-14H2,1-4H3/b22-20-/t18-,19-,21-,23-,25-,26-/m0/s1. The number of allylic oxidation sites excluding steroid dienone is 2. The molecule has 0 unspecified atom stereocenters. The molecule has 0 aromatic carbocycles. The fourth-order valence-electron chi connectivity index (χ4n) is 7.63. The average molecular weight is 426 g/mol. The number of carbonyl (C=O) groups is 2. The molecule has 6 atom stereocenters. The molecule has 3 saturated carbocycles. The predicted molar refractivity (Wildman–Crippen MR) is 117 cm³/mol. The summed E-state index contributed by atoms with van der Waals surface area (Å²) in [5.74, 6) is 1.07. The van der Waals surface area contributed by atoms with E-state index in [1.807, 2.05) is 0 Å². The molecule has 0 N–H and O–H groups in total. The molecule has 5 heteroatoms. The first kappa shape index (κ1) is 22.1. The molecule has 4 aliphatic carbocycles. The first-order valence-corrected chi connectivity index (χ1v) is 11.9. The molecule has 4 rings (SSSR count). The lowest BCUT2D eigenvalue weighted by molar-refractivity contribution is -0.148. The largest absolute Gasteiger partial charge is 0.462 e. The first-order valence-electron chi connectivity index (χ1n) is 11.9. The van der Waals surface area contributed by atoms with Gasteiger partial charge in [0, 0.05) is 13.3 Å². The maximum atomic E-state index is 12.5. The van der Waals surface area contributed by atoms with E-state index in [1.54, 1.807) is 6.92 Å². The zero-order valence-corrected chi connectivity index (χ0v) is 19.3. The summed E-state index contributed by atoms with van der Waals surface area (Å²) in [6, 6.07) is 2.18. The lowest BCUT2D eigenvalue weighted by Gasteiger charge is -2.57. The molecule has 0 aromatic heterocycles. The van der Waals surface area contributed by atoms with Gasteiger partial charge in [0.1, 0.15) is 17.7 Å². The summed E-state index contributed by atoms with van der Waals surface area (Å²) in [6.45, 7) is 8.28. The van der Waals surface area contributed by atoms with Crippen LogP contribution in [0.5, 0.6) is 0 Å². The van der Waals surface area contributed by atoms with E-state index in [-0.39, 0.29) is 28.5 Å². The lowest BCUT2D eigenvalue weighted by atomic mass is 9.47. The van der Waals surface area contributed by atoms with Crippen molar-refractivity contribution in [1.82, 2.24) is 0 Å². The fraction of sp³-hybridized carbons (Fsp3) is 0.731. The van der Waals surface area contributed by atoms with Crippen molar-refractivity contribution in [3.8, 4) is 6.07 Å². The van der Waals surface area contributed by atoms with Gasteiger partial charge in [0.25, 0.3) is 0 Å². The van der Waals surface area contributed by atoms with Gasteiger partial charge in [-0.3, -0.25) is 4.79 Å². The number of hydrogen-bond acceptors (Lipinski definition) is 5. The second-order valence-corrected chi connectivity index (χ2v) is 10.4. The normalized spacial score (nSPS) is 40.4. The molecule has 0 bridgehead atoms. The van der Waals surface area contributed by atoms with E-state index in [9.17, 15) is 14.9 Å². The Morgan fingerprint density at radius 3 is 2.55 bits per heavy atom. The van der Waals surface area contributed by atoms with Crippen LogP contribution < -0.4 is 0 Å². The highest BCUT2D eigenvalue weighted by Crippen LogP contribution is 2.66. The van der Waals surface area contributed by atoms with Crippen LogP contribution in [0.2, 0.25) is 0 Å². The minimum Gasteiger partial charge on any atom is -0.462 e. The molecule has 168 valence electrons. The number of carbonyl (C=O) groups excluding carboxylic acids is 2. The Kier molecular flexibility index (Phi) is 5.79. The Bertz CT molecular complexity index is 880. The van der Waals surface area contributed by atoms with Crippen LogP contribution in [0.3, 0.4) is 0 Å². The zero-order chi connectivity index (χ0) is 22.4. The van der Waals surface area contributed by atoms with Crippen molar-refractivity contribution in [3.63, 3.8) is 0 Å². The number of hydrogen-bond donors (Lipinski definition) is 0. The lowest BCUT2D eigenvalue weighted by Crippen LogP contribution is -2.50. The Labute approximate surface area is 185 Å². The van der Waals surface area contributed by atoms with E-state index in [0.717, 1.165) is 56.9 Å². The van der Waals surface area contributed by atoms with Crippen LogP contribution in [0.25, 0.3) is 0 Å². The van der Waals surface area contributed by atoms with Crippen molar-refractivity contribution in [2.45, 2.75) is 85.2 Å². The van der Waals surface area contributed by atoms with Gasteiger partial charge in [0.2, 0.25) is 0 Å². The summed E-state index contributed by atoms with van der Waals surface area (Å²) in [4.78, 5) is 23.9. The number of nitrogens with zero attached hydrogens (tertiary/aromatic N) is 1. The van der Waals surface area contributed by atoms with Crippen LogP contribution in [-0.2, 0) is 19.1 Å². The number of esters is 2. The Balaban J connectivity index is 1.62. The highest BCUT2D eigenvalue weighted by molar-refractivity contribution is 5.94. The van der Waals surface area contributed by atoms with Crippen molar-refractivity contribution in [3.05, 3.63) is 22.8 Å². The van der Waals surface area contributed by atoms with E-state index in [4.69, 9.17) is 9.47 Å². The molecule has 0 radical (unpaired) electrons. The number of rotatable bonds is 3. The minimum absolute atomic E-state index is 0.0195. The third-order valence-corrected chi connectivity index (χ3v) is 9.07. The maximum absolute atomic E-state index is 12.5. The van der Waals surface area contributed by atoms with Gasteiger partial charge in [-0.15, -0.1) is 0 Å². The van der Waals surface area contributed by atoms with Gasteiger partial charge in [0.05, 0.1) is 6.61 Å². The summed E-state index contributed by atoms with van der Waals surface area (Å²) in [7, 11) is 0. The highest BCUT2D eigenvalue weighted by atomic mass is 16.5. The van der Waals surface area contributed by atoms with E-state index >= 15 is 0 Å².